The van der Waals surface area contributed by atoms with Gasteiger partial charge in [0.2, 0.25) is 0 Å². The van der Waals surface area contributed by atoms with Crippen LogP contribution in [0.2, 0.25) is 0 Å². The van der Waals surface area contributed by atoms with Crippen molar-refractivity contribution in [3.63, 3.8) is 0 Å². The lowest BCUT2D eigenvalue weighted by Gasteiger charge is -2.38. The summed E-state index contributed by atoms with van der Waals surface area (Å²) in [5.74, 6) is 3.15. The van der Waals surface area contributed by atoms with E-state index in [4.69, 9.17) is 4.74 Å². The van der Waals surface area contributed by atoms with E-state index in [9.17, 15) is 0 Å². The van der Waals surface area contributed by atoms with Crippen LogP contribution in [-0.2, 0) is 4.74 Å². The molecule has 0 radical (unpaired) electrons. The first-order valence-electron chi connectivity index (χ1n) is 12.4. The molecule has 0 aromatic carbocycles. The van der Waals surface area contributed by atoms with Gasteiger partial charge in [0.15, 0.2) is 0 Å². The summed E-state index contributed by atoms with van der Waals surface area (Å²) in [6.45, 7) is 5.56. The van der Waals surface area contributed by atoms with Crippen molar-refractivity contribution in [1.82, 2.24) is 0 Å². The maximum Gasteiger partial charge on any atom is 0.0575 e. The lowest BCUT2D eigenvalue weighted by Crippen LogP contribution is -2.28. The molecule has 0 spiro atoms. The van der Waals surface area contributed by atoms with Crippen molar-refractivity contribution in [3.8, 4) is 0 Å². The zero-order valence-electron chi connectivity index (χ0n) is 18.2. The van der Waals surface area contributed by atoms with Gasteiger partial charge < -0.3 is 4.74 Å². The fraction of sp³-hybridized carbons (Fsp3) is 1.00. The Hall–Kier alpha value is -0.0400. The van der Waals surface area contributed by atoms with E-state index in [1.54, 1.807) is 0 Å². The number of ether oxygens (including phenoxy) is 1. The monoisotopic (exact) mass is 364 g/mol. The quantitative estimate of drug-likeness (QED) is 0.298. The highest BCUT2D eigenvalue weighted by atomic mass is 16.5. The molecule has 1 nitrogen and oxygen atoms in total. The number of hydrogen-bond acceptors (Lipinski definition) is 1. The molecule has 0 unspecified atom stereocenters. The molecule has 0 N–H and O–H groups in total. The molecule has 0 heterocycles. The van der Waals surface area contributed by atoms with Gasteiger partial charge in [0.1, 0.15) is 0 Å². The standard InChI is InChI=1S/C25H48O/c1-3-5-7-8-9-10-11-12-22-13-15-23(16-14-22)24-17-19-25(20-18-24)26-21-6-4-2/h22-25H,3-21H2,1-2H3. The van der Waals surface area contributed by atoms with Gasteiger partial charge >= 0.3 is 0 Å². The second-order valence-corrected chi connectivity index (χ2v) is 9.45. The highest BCUT2D eigenvalue weighted by Gasteiger charge is 2.30. The largest absolute Gasteiger partial charge is 0.378 e. The SMILES string of the molecule is CCCCCCCCCC1CCC(C2CCC(OCCCC)CC2)CC1. The van der Waals surface area contributed by atoms with Crippen LogP contribution in [0.1, 0.15) is 129 Å². The van der Waals surface area contributed by atoms with E-state index < -0.39 is 0 Å². The fourth-order valence-electron chi connectivity index (χ4n) is 5.46. The van der Waals surface area contributed by atoms with E-state index in [2.05, 4.69) is 13.8 Å². The van der Waals surface area contributed by atoms with E-state index in [1.165, 1.54) is 116 Å². The molecule has 0 amide bonds. The molecular formula is C25H48O. The van der Waals surface area contributed by atoms with Gasteiger partial charge in [-0.05, 0) is 62.7 Å². The summed E-state index contributed by atoms with van der Waals surface area (Å²) < 4.78 is 6.06. The van der Waals surface area contributed by atoms with Crippen LogP contribution in [0, 0.1) is 17.8 Å². The van der Waals surface area contributed by atoms with Crippen molar-refractivity contribution in [2.45, 2.75) is 136 Å². The van der Waals surface area contributed by atoms with Gasteiger partial charge in [0.25, 0.3) is 0 Å². The van der Waals surface area contributed by atoms with Crippen molar-refractivity contribution in [3.05, 3.63) is 0 Å². The van der Waals surface area contributed by atoms with Gasteiger partial charge in [-0.25, -0.2) is 0 Å². The van der Waals surface area contributed by atoms with Crippen LogP contribution in [0.3, 0.4) is 0 Å². The van der Waals surface area contributed by atoms with Crippen LogP contribution in [0.15, 0.2) is 0 Å². The second kappa shape index (κ2) is 14.0. The third kappa shape index (κ3) is 8.77. The Labute approximate surface area is 165 Å². The molecule has 2 aliphatic carbocycles. The van der Waals surface area contributed by atoms with Gasteiger partial charge in [-0.15, -0.1) is 0 Å². The minimum atomic E-state index is 0.589. The van der Waals surface area contributed by atoms with E-state index >= 15 is 0 Å². The topological polar surface area (TPSA) is 9.23 Å². The first kappa shape index (κ1) is 22.3. The Morgan fingerprint density at radius 1 is 0.577 bits per heavy atom. The van der Waals surface area contributed by atoms with Crippen LogP contribution in [0.4, 0.5) is 0 Å². The molecule has 0 bridgehead atoms. The zero-order chi connectivity index (χ0) is 18.5. The van der Waals surface area contributed by atoms with Crippen LogP contribution >= 0.6 is 0 Å². The Morgan fingerprint density at radius 3 is 1.73 bits per heavy atom. The van der Waals surface area contributed by atoms with E-state index in [1.807, 2.05) is 0 Å². The number of rotatable bonds is 13. The first-order valence-corrected chi connectivity index (χ1v) is 12.4. The molecule has 2 saturated carbocycles. The molecule has 154 valence electrons. The average Bonchev–Trinajstić information content (AvgIpc) is 2.69. The first-order chi connectivity index (χ1) is 12.8. The zero-order valence-corrected chi connectivity index (χ0v) is 18.2. The Kier molecular flexibility index (Phi) is 12.0. The maximum atomic E-state index is 6.06. The molecule has 1 heteroatoms. The lowest BCUT2D eigenvalue weighted by molar-refractivity contribution is 0.00576. The molecule has 2 aliphatic rings. The molecule has 0 saturated heterocycles. The lowest BCUT2D eigenvalue weighted by atomic mass is 9.70. The minimum absolute atomic E-state index is 0.589. The summed E-state index contributed by atoms with van der Waals surface area (Å²) >= 11 is 0. The summed E-state index contributed by atoms with van der Waals surface area (Å²) in [6.07, 6.45) is 26.6. The normalized spacial score (nSPS) is 29.8. The molecule has 0 aliphatic heterocycles. The number of unbranched alkanes of at least 4 members (excludes halogenated alkanes) is 7. The van der Waals surface area contributed by atoms with Crippen LogP contribution in [0.25, 0.3) is 0 Å². The summed E-state index contributed by atoms with van der Waals surface area (Å²) in [7, 11) is 0. The van der Waals surface area contributed by atoms with E-state index in [-0.39, 0.29) is 0 Å². The van der Waals surface area contributed by atoms with Crippen molar-refractivity contribution in [2.75, 3.05) is 6.61 Å². The maximum absolute atomic E-state index is 6.06. The fourth-order valence-corrected chi connectivity index (χ4v) is 5.46. The van der Waals surface area contributed by atoms with Crippen LogP contribution in [-0.4, -0.2) is 12.7 Å². The van der Waals surface area contributed by atoms with E-state index in [0.717, 1.165) is 24.4 Å². The minimum Gasteiger partial charge on any atom is -0.378 e. The summed E-state index contributed by atoms with van der Waals surface area (Å²) in [4.78, 5) is 0. The van der Waals surface area contributed by atoms with Gasteiger partial charge in [0.05, 0.1) is 6.10 Å². The molecule has 2 rings (SSSR count). The molecule has 0 atom stereocenters. The van der Waals surface area contributed by atoms with Gasteiger partial charge in [-0.3, -0.25) is 0 Å². The third-order valence-electron chi connectivity index (χ3n) is 7.34. The highest BCUT2D eigenvalue weighted by molar-refractivity contribution is 4.82. The van der Waals surface area contributed by atoms with Crippen LogP contribution in [0.5, 0.6) is 0 Å². The molecule has 26 heavy (non-hydrogen) atoms. The molecule has 0 aromatic heterocycles. The third-order valence-corrected chi connectivity index (χ3v) is 7.34. The second-order valence-electron chi connectivity index (χ2n) is 9.45. The highest BCUT2D eigenvalue weighted by Crippen LogP contribution is 2.41. The predicted molar refractivity (Wildman–Crippen MR) is 115 cm³/mol. The summed E-state index contributed by atoms with van der Waals surface area (Å²) in [5.41, 5.74) is 0. The molecular weight excluding hydrogens is 316 g/mol. The van der Waals surface area contributed by atoms with Crippen molar-refractivity contribution in [2.24, 2.45) is 17.8 Å². The van der Waals surface area contributed by atoms with Crippen molar-refractivity contribution < 1.29 is 4.74 Å². The Bertz CT molecular complexity index is 310. The summed E-state index contributed by atoms with van der Waals surface area (Å²) in [5, 5.41) is 0. The predicted octanol–water partition coefficient (Wildman–Crippen LogP) is 8.31. The van der Waals surface area contributed by atoms with Gasteiger partial charge in [-0.1, -0.05) is 84.5 Å². The smallest absolute Gasteiger partial charge is 0.0575 e. The molecule has 0 aromatic rings. The average molecular weight is 365 g/mol. The van der Waals surface area contributed by atoms with Crippen molar-refractivity contribution in [1.29, 1.82) is 0 Å². The number of hydrogen-bond donors (Lipinski definition) is 0. The van der Waals surface area contributed by atoms with E-state index in [0.29, 0.717) is 6.10 Å². The van der Waals surface area contributed by atoms with Crippen molar-refractivity contribution >= 4 is 0 Å². The Morgan fingerprint density at radius 2 is 1.12 bits per heavy atom. The van der Waals surface area contributed by atoms with Gasteiger partial charge in [0, 0.05) is 6.61 Å². The Balaban J connectivity index is 1.48. The molecule has 2 fully saturated rings. The summed E-state index contributed by atoms with van der Waals surface area (Å²) in [6, 6.07) is 0. The van der Waals surface area contributed by atoms with Gasteiger partial charge in [-0.2, -0.15) is 0 Å². The van der Waals surface area contributed by atoms with Crippen LogP contribution < -0.4 is 0 Å².